The number of hydrogen-bond donors (Lipinski definition) is 0. The fourth-order valence-corrected chi connectivity index (χ4v) is 1.23. The van der Waals surface area contributed by atoms with Crippen LogP contribution in [0.1, 0.15) is 5.56 Å². The van der Waals surface area contributed by atoms with E-state index in [1.165, 1.54) is 0 Å². The summed E-state index contributed by atoms with van der Waals surface area (Å²) >= 11 is 0. The predicted octanol–water partition coefficient (Wildman–Crippen LogP) is 3.03. The minimum atomic E-state index is 0.316. The van der Waals surface area contributed by atoms with E-state index in [1.54, 1.807) is 20.3 Å². The molecule has 5 heteroatoms. The molecule has 0 saturated heterocycles. The Kier molecular flexibility index (Phi) is 4.76. The van der Waals surface area contributed by atoms with Gasteiger partial charge in [-0.05, 0) is 23.7 Å². The van der Waals surface area contributed by atoms with Crippen molar-refractivity contribution in [2.75, 3.05) is 20.8 Å². The van der Waals surface area contributed by atoms with Crippen LogP contribution in [0.5, 0.6) is 11.5 Å². The molecule has 0 aromatic heterocycles. The highest BCUT2D eigenvalue weighted by Crippen LogP contribution is 2.24. The lowest BCUT2D eigenvalue weighted by atomic mass is 10.1. The minimum absolute atomic E-state index is 0.316. The Morgan fingerprint density at radius 2 is 2.19 bits per heavy atom. The Morgan fingerprint density at radius 3 is 2.81 bits per heavy atom. The van der Waals surface area contributed by atoms with Gasteiger partial charge in [0, 0.05) is 17.0 Å². The molecule has 0 unspecified atom stereocenters. The van der Waals surface area contributed by atoms with E-state index in [4.69, 9.17) is 15.0 Å². The predicted molar refractivity (Wildman–Crippen MR) is 62.6 cm³/mol. The molecule has 0 N–H and O–H groups in total. The van der Waals surface area contributed by atoms with Gasteiger partial charge in [-0.3, -0.25) is 0 Å². The van der Waals surface area contributed by atoms with Crippen molar-refractivity contribution in [1.29, 1.82) is 0 Å². The van der Waals surface area contributed by atoms with Crippen LogP contribution in [-0.2, 0) is 0 Å². The van der Waals surface area contributed by atoms with E-state index >= 15 is 0 Å². The second kappa shape index (κ2) is 6.37. The van der Waals surface area contributed by atoms with E-state index in [2.05, 4.69) is 10.0 Å². The normalized spacial score (nSPS) is 9.88. The molecule has 1 aromatic carbocycles. The Morgan fingerprint density at radius 1 is 1.38 bits per heavy atom. The quantitative estimate of drug-likeness (QED) is 0.434. The first-order chi connectivity index (χ1) is 7.81. The monoisotopic (exact) mass is 219 g/mol. The van der Waals surface area contributed by atoms with Crippen LogP contribution in [0, 0.1) is 0 Å². The first-order valence-electron chi connectivity index (χ1n) is 4.71. The fraction of sp³-hybridized carbons (Fsp3) is 0.273. The van der Waals surface area contributed by atoms with Gasteiger partial charge in [0.2, 0.25) is 0 Å². The summed E-state index contributed by atoms with van der Waals surface area (Å²) in [6, 6.07) is 5.50. The number of benzene rings is 1. The highest BCUT2D eigenvalue weighted by atomic mass is 16.5. The fourth-order valence-electron chi connectivity index (χ4n) is 1.23. The van der Waals surface area contributed by atoms with E-state index in [0.717, 1.165) is 17.1 Å². The summed E-state index contributed by atoms with van der Waals surface area (Å²) in [7, 11) is 3.21. The molecule has 0 heterocycles. The lowest BCUT2D eigenvalue weighted by molar-refractivity contribution is 0.402. The number of hydrogen-bond acceptors (Lipinski definition) is 3. The Balaban J connectivity index is 2.90. The second-order valence-corrected chi connectivity index (χ2v) is 2.92. The maximum Gasteiger partial charge on any atom is 0.126 e. The smallest absolute Gasteiger partial charge is 0.126 e. The largest absolute Gasteiger partial charge is 0.497 e. The molecule has 0 fully saturated rings. The molecule has 5 nitrogen and oxygen atoms in total. The van der Waals surface area contributed by atoms with Gasteiger partial charge < -0.3 is 9.47 Å². The molecular weight excluding hydrogens is 206 g/mol. The van der Waals surface area contributed by atoms with Crippen LogP contribution in [0.3, 0.4) is 0 Å². The SMILES string of the molecule is COc1ccc(OC)c(C=CCN=[N+]=[N-])c1. The number of rotatable bonds is 5. The summed E-state index contributed by atoms with van der Waals surface area (Å²) in [5.74, 6) is 1.50. The molecule has 0 aliphatic carbocycles. The third-order valence-electron chi connectivity index (χ3n) is 1.98. The summed E-state index contributed by atoms with van der Waals surface area (Å²) in [6.07, 6.45) is 3.59. The third-order valence-corrected chi connectivity index (χ3v) is 1.98. The van der Waals surface area contributed by atoms with Crippen molar-refractivity contribution in [3.05, 3.63) is 40.3 Å². The van der Waals surface area contributed by atoms with Gasteiger partial charge in [-0.15, -0.1) is 0 Å². The summed E-state index contributed by atoms with van der Waals surface area (Å²) in [4.78, 5) is 2.66. The molecule has 0 spiro atoms. The number of nitrogens with zero attached hydrogens (tertiary/aromatic N) is 3. The molecule has 0 radical (unpaired) electrons. The summed E-state index contributed by atoms with van der Waals surface area (Å²) in [5.41, 5.74) is 9.01. The lowest BCUT2D eigenvalue weighted by Gasteiger charge is -2.06. The standard InChI is InChI=1S/C11H13N3O2/c1-15-10-5-6-11(16-2)9(8-10)4-3-7-13-14-12/h3-6,8H,7H2,1-2H3. The van der Waals surface area contributed by atoms with Crippen molar-refractivity contribution in [1.82, 2.24) is 0 Å². The lowest BCUT2D eigenvalue weighted by Crippen LogP contribution is -1.89. The number of ether oxygens (including phenoxy) is 2. The average Bonchev–Trinajstić information content (AvgIpc) is 2.34. The van der Waals surface area contributed by atoms with Crippen LogP contribution >= 0.6 is 0 Å². The van der Waals surface area contributed by atoms with Crippen molar-refractivity contribution >= 4 is 6.08 Å². The van der Waals surface area contributed by atoms with Gasteiger partial charge in [0.25, 0.3) is 0 Å². The van der Waals surface area contributed by atoms with E-state index in [-0.39, 0.29) is 0 Å². The first-order valence-corrected chi connectivity index (χ1v) is 4.71. The zero-order valence-corrected chi connectivity index (χ0v) is 9.25. The van der Waals surface area contributed by atoms with Crippen LogP contribution in [-0.4, -0.2) is 20.8 Å². The number of methoxy groups -OCH3 is 2. The molecule has 84 valence electrons. The van der Waals surface area contributed by atoms with Crippen LogP contribution < -0.4 is 9.47 Å². The van der Waals surface area contributed by atoms with Crippen molar-refractivity contribution in [2.24, 2.45) is 5.11 Å². The zero-order valence-electron chi connectivity index (χ0n) is 9.25. The third kappa shape index (κ3) is 3.22. The van der Waals surface area contributed by atoms with Gasteiger partial charge in [-0.25, -0.2) is 0 Å². The van der Waals surface area contributed by atoms with Gasteiger partial charge in [0.05, 0.1) is 14.2 Å². The molecular formula is C11H13N3O2. The molecule has 0 atom stereocenters. The highest BCUT2D eigenvalue weighted by Gasteiger charge is 2.00. The van der Waals surface area contributed by atoms with Crippen molar-refractivity contribution in [2.45, 2.75) is 0 Å². The van der Waals surface area contributed by atoms with Crippen LogP contribution in [0.4, 0.5) is 0 Å². The molecule has 0 aliphatic rings. The van der Waals surface area contributed by atoms with Gasteiger partial charge in [0.15, 0.2) is 0 Å². The summed E-state index contributed by atoms with van der Waals surface area (Å²) in [6.45, 7) is 0.316. The number of azide groups is 1. The van der Waals surface area contributed by atoms with Crippen molar-refractivity contribution in [3.8, 4) is 11.5 Å². The molecule has 0 amide bonds. The molecule has 0 bridgehead atoms. The van der Waals surface area contributed by atoms with Crippen LogP contribution in [0.15, 0.2) is 29.4 Å². The Hall–Kier alpha value is -2.13. The maximum atomic E-state index is 8.13. The van der Waals surface area contributed by atoms with Gasteiger partial charge in [-0.2, -0.15) is 0 Å². The molecule has 1 aromatic rings. The van der Waals surface area contributed by atoms with E-state index in [0.29, 0.717) is 6.54 Å². The first kappa shape index (κ1) is 11.9. The second-order valence-electron chi connectivity index (χ2n) is 2.92. The maximum absolute atomic E-state index is 8.13. The average molecular weight is 219 g/mol. The zero-order chi connectivity index (χ0) is 11.8. The van der Waals surface area contributed by atoms with Crippen LogP contribution in [0.25, 0.3) is 16.5 Å². The van der Waals surface area contributed by atoms with Gasteiger partial charge in [-0.1, -0.05) is 17.3 Å². The molecule has 16 heavy (non-hydrogen) atoms. The Bertz CT molecular complexity index is 423. The van der Waals surface area contributed by atoms with Crippen molar-refractivity contribution < 1.29 is 9.47 Å². The van der Waals surface area contributed by atoms with Crippen LogP contribution in [0.2, 0.25) is 0 Å². The molecule has 0 saturated carbocycles. The van der Waals surface area contributed by atoms with E-state index in [9.17, 15) is 0 Å². The highest BCUT2D eigenvalue weighted by molar-refractivity contribution is 5.59. The Labute approximate surface area is 93.9 Å². The van der Waals surface area contributed by atoms with E-state index < -0.39 is 0 Å². The van der Waals surface area contributed by atoms with Crippen molar-refractivity contribution in [3.63, 3.8) is 0 Å². The van der Waals surface area contributed by atoms with E-state index in [1.807, 2.05) is 24.3 Å². The summed E-state index contributed by atoms with van der Waals surface area (Å²) in [5, 5.41) is 3.41. The summed E-state index contributed by atoms with van der Waals surface area (Å²) < 4.78 is 10.3. The topological polar surface area (TPSA) is 67.2 Å². The molecule has 0 aliphatic heterocycles. The molecule has 1 rings (SSSR count). The minimum Gasteiger partial charge on any atom is -0.497 e. The van der Waals surface area contributed by atoms with Gasteiger partial charge >= 0.3 is 0 Å². The van der Waals surface area contributed by atoms with Gasteiger partial charge in [0.1, 0.15) is 11.5 Å².